The number of rotatable bonds is 4. The Balaban J connectivity index is 1.74. The van der Waals surface area contributed by atoms with Crippen molar-refractivity contribution < 1.29 is 31.1 Å². The van der Waals surface area contributed by atoms with Crippen LogP contribution < -0.4 is 4.74 Å². The number of halogens is 3. The average molecular weight is 495 g/mol. The predicted octanol–water partition coefficient (Wildman–Crippen LogP) is 5.07. The van der Waals surface area contributed by atoms with Gasteiger partial charge in [-0.1, -0.05) is 6.07 Å². The largest absolute Gasteiger partial charge is 0.490 e. The number of fused-ring (bicyclic) bond motifs is 3. The van der Waals surface area contributed by atoms with Gasteiger partial charge in [0.1, 0.15) is 5.75 Å². The number of ether oxygens (including phenoxy) is 1. The van der Waals surface area contributed by atoms with Gasteiger partial charge in [-0.15, -0.1) is 0 Å². The molecule has 182 valence electrons. The summed E-state index contributed by atoms with van der Waals surface area (Å²) < 4.78 is 71.5. The van der Waals surface area contributed by atoms with Crippen molar-refractivity contribution >= 4 is 26.6 Å². The van der Waals surface area contributed by atoms with Crippen molar-refractivity contribution in [1.82, 2.24) is 9.47 Å². The molecule has 6 nitrogen and oxygen atoms in total. The van der Waals surface area contributed by atoms with Crippen molar-refractivity contribution in [3.8, 4) is 5.75 Å². The van der Waals surface area contributed by atoms with Gasteiger partial charge in [-0.2, -0.15) is 13.2 Å². The van der Waals surface area contributed by atoms with Crippen LogP contribution in [0.4, 0.5) is 13.2 Å². The van der Waals surface area contributed by atoms with Gasteiger partial charge >= 0.3 is 6.18 Å². The monoisotopic (exact) mass is 494 g/mol. The number of carbonyl (C=O) groups is 1. The highest BCUT2D eigenvalue weighted by atomic mass is 32.2. The molecule has 0 fully saturated rings. The van der Waals surface area contributed by atoms with Gasteiger partial charge in [0, 0.05) is 30.1 Å². The maximum atomic E-state index is 13.5. The number of nitrogens with zero attached hydrogens (tertiary/aromatic N) is 2. The maximum absolute atomic E-state index is 13.5. The number of carbonyl (C=O) groups excluding carboxylic acids is 1. The van der Waals surface area contributed by atoms with Crippen molar-refractivity contribution in [1.29, 1.82) is 0 Å². The van der Waals surface area contributed by atoms with E-state index >= 15 is 0 Å². The third-order valence-corrected chi connectivity index (χ3v) is 6.90. The molecule has 0 saturated carbocycles. The quantitative estimate of drug-likeness (QED) is 0.508. The first-order valence-electron chi connectivity index (χ1n) is 10.8. The number of benzene rings is 2. The van der Waals surface area contributed by atoms with Crippen molar-refractivity contribution in [3.63, 3.8) is 0 Å². The Morgan fingerprint density at radius 2 is 1.82 bits per heavy atom. The van der Waals surface area contributed by atoms with Crippen LogP contribution in [0.5, 0.6) is 5.75 Å². The molecular weight excluding hydrogens is 469 g/mol. The van der Waals surface area contributed by atoms with E-state index in [1.807, 2.05) is 11.5 Å². The van der Waals surface area contributed by atoms with E-state index in [0.29, 0.717) is 16.6 Å². The lowest BCUT2D eigenvalue weighted by Gasteiger charge is -2.34. The minimum Gasteiger partial charge on any atom is -0.490 e. The molecule has 0 aliphatic carbocycles. The summed E-state index contributed by atoms with van der Waals surface area (Å²) in [5, 5.41) is 0.659. The molecule has 3 aromatic rings. The summed E-state index contributed by atoms with van der Waals surface area (Å²) in [7, 11) is -3.55. The minimum atomic E-state index is -4.45. The van der Waals surface area contributed by atoms with E-state index in [4.69, 9.17) is 4.74 Å². The standard InChI is InChI=1S/C24H25F3N2O4S/c1-14(2)33-22-8-7-19(34(4,31)32)11-20(22)23(30)28-12-15(3)29-18(13-28)9-16-5-6-17(10-21(16)29)24(25,26)27/h5-11,14-15H,12-13H2,1-4H3/t15-/m1/s1. The molecule has 4 rings (SSSR count). The molecular formula is C24H25F3N2O4S. The number of sulfone groups is 1. The Kier molecular flexibility index (Phi) is 5.91. The molecule has 0 bridgehead atoms. The summed E-state index contributed by atoms with van der Waals surface area (Å²) >= 11 is 0. The highest BCUT2D eigenvalue weighted by Gasteiger charge is 2.33. The first-order valence-corrected chi connectivity index (χ1v) is 12.7. The van der Waals surface area contributed by atoms with Gasteiger partial charge in [-0.05, 0) is 62.6 Å². The zero-order chi connectivity index (χ0) is 25.0. The van der Waals surface area contributed by atoms with Crippen LogP contribution >= 0.6 is 0 Å². The van der Waals surface area contributed by atoms with Crippen molar-refractivity contribution in [2.24, 2.45) is 0 Å². The molecule has 0 N–H and O–H groups in total. The van der Waals surface area contributed by atoms with Crippen LogP contribution in [0.3, 0.4) is 0 Å². The summed E-state index contributed by atoms with van der Waals surface area (Å²) in [6.07, 6.45) is -3.62. The van der Waals surface area contributed by atoms with Crippen molar-refractivity contribution in [3.05, 3.63) is 59.3 Å². The molecule has 2 heterocycles. The van der Waals surface area contributed by atoms with E-state index in [1.54, 1.807) is 24.8 Å². The fourth-order valence-corrected chi connectivity index (χ4v) is 4.99. The Morgan fingerprint density at radius 1 is 1.12 bits per heavy atom. The van der Waals surface area contributed by atoms with Gasteiger partial charge in [-0.25, -0.2) is 8.42 Å². The second-order valence-electron chi connectivity index (χ2n) is 8.91. The third-order valence-electron chi connectivity index (χ3n) is 5.79. The van der Waals surface area contributed by atoms with Crippen molar-refractivity contribution in [2.75, 3.05) is 12.8 Å². The van der Waals surface area contributed by atoms with Gasteiger partial charge in [0.05, 0.1) is 28.7 Å². The van der Waals surface area contributed by atoms with Crippen LogP contribution in [-0.4, -0.2) is 42.7 Å². The van der Waals surface area contributed by atoms with Gasteiger partial charge in [-0.3, -0.25) is 4.79 Å². The fourth-order valence-electron chi connectivity index (χ4n) is 4.35. The van der Waals surface area contributed by atoms with E-state index in [2.05, 4.69) is 0 Å². The highest BCUT2D eigenvalue weighted by Crippen LogP contribution is 2.36. The van der Waals surface area contributed by atoms with Crippen LogP contribution in [0.25, 0.3) is 10.9 Å². The molecule has 0 unspecified atom stereocenters. The Hall–Kier alpha value is -3.01. The van der Waals surface area contributed by atoms with Crippen LogP contribution in [0.2, 0.25) is 0 Å². The molecule has 0 radical (unpaired) electrons. The summed E-state index contributed by atoms with van der Waals surface area (Å²) in [5.74, 6) is -0.124. The Bertz CT molecular complexity index is 1380. The van der Waals surface area contributed by atoms with Crippen LogP contribution in [0.15, 0.2) is 47.4 Å². The van der Waals surface area contributed by atoms with Crippen LogP contribution in [-0.2, 0) is 22.6 Å². The number of hydrogen-bond donors (Lipinski definition) is 0. The summed E-state index contributed by atoms with van der Waals surface area (Å²) in [4.78, 5) is 15.1. The third kappa shape index (κ3) is 4.51. The van der Waals surface area contributed by atoms with Gasteiger partial charge in [0.15, 0.2) is 9.84 Å². The van der Waals surface area contributed by atoms with E-state index in [1.165, 1.54) is 24.3 Å². The second kappa shape index (κ2) is 8.33. The molecule has 34 heavy (non-hydrogen) atoms. The van der Waals surface area contributed by atoms with Gasteiger partial charge in [0.2, 0.25) is 0 Å². The fraction of sp³-hybridized carbons (Fsp3) is 0.375. The first kappa shape index (κ1) is 24.1. The second-order valence-corrected chi connectivity index (χ2v) is 10.9. The minimum absolute atomic E-state index is 0.00538. The summed E-state index contributed by atoms with van der Waals surface area (Å²) in [5.41, 5.74) is 0.576. The molecule has 1 aliphatic heterocycles. The normalized spacial score (nSPS) is 16.7. The molecule has 1 amide bonds. The SMILES string of the molecule is CC(C)Oc1ccc(S(C)(=O)=O)cc1C(=O)N1Cc2cc3ccc(C(F)(F)F)cc3n2[C@H](C)C1. The number of hydrogen-bond acceptors (Lipinski definition) is 4. The zero-order valence-electron chi connectivity index (χ0n) is 19.2. The van der Waals surface area contributed by atoms with Gasteiger partial charge < -0.3 is 14.2 Å². The Labute approximate surface area is 195 Å². The zero-order valence-corrected chi connectivity index (χ0v) is 20.0. The number of aromatic nitrogens is 1. The summed E-state index contributed by atoms with van der Waals surface area (Å²) in [6.45, 7) is 5.85. The molecule has 1 aliphatic rings. The smallest absolute Gasteiger partial charge is 0.416 e. The molecule has 1 aromatic heterocycles. The maximum Gasteiger partial charge on any atom is 0.416 e. The first-order chi connectivity index (χ1) is 15.8. The molecule has 10 heteroatoms. The molecule has 2 aromatic carbocycles. The highest BCUT2D eigenvalue weighted by molar-refractivity contribution is 7.90. The summed E-state index contributed by atoms with van der Waals surface area (Å²) in [6, 6.07) is 9.31. The lowest BCUT2D eigenvalue weighted by atomic mass is 10.1. The van der Waals surface area contributed by atoms with E-state index < -0.39 is 27.5 Å². The Morgan fingerprint density at radius 3 is 2.44 bits per heavy atom. The van der Waals surface area contributed by atoms with Crippen LogP contribution in [0, 0.1) is 0 Å². The average Bonchev–Trinajstić information content (AvgIpc) is 3.09. The number of amides is 1. The lowest BCUT2D eigenvalue weighted by Crippen LogP contribution is -2.40. The molecule has 0 spiro atoms. The molecule has 1 atom stereocenters. The molecule has 0 saturated heterocycles. The number of alkyl halides is 3. The van der Waals surface area contributed by atoms with E-state index in [0.717, 1.165) is 18.4 Å². The predicted molar refractivity (Wildman–Crippen MR) is 122 cm³/mol. The van der Waals surface area contributed by atoms with Crippen LogP contribution in [0.1, 0.15) is 48.4 Å². The van der Waals surface area contributed by atoms with E-state index in [-0.39, 0.29) is 41.4 Å². The topological polar surface area (TPSA) is 68.6 Å². The van der Waals surface area contributed by atoms with Gasteiger partial charge in [0.25, 0.3) is 5.91 Å². The van der Waals surface area contributed by atoms with E-state index in [9.17, 15) is 26.4 Å². The van der Waals surface area contributed by atoms with Crippen molar-refractivity contribution in [2.45, 2.75) is 50.5 Å². The lowest BCUT2D eigenvalue weighted by molar-refractivity contribution is -0.137.